The summed E-state index contributed by atoms with van der Waals surface area (Å²) in [5.41, 5.74) is 9.15. The number of carbonyl (C=O) groups excluding carboxylic acids is 1. The molecule has 104 valence electrons. The molecular weight excluding hydrogens is 264 g/mol. The van der Waals surface area contributed by atoms with Gasteiger partial charge in [-0.3, -0.25) is 4.79 Å². The number of amides is 1. The first-order valence-corrected chi connectivity index (χ1v) is 6.74. The number of fused-ring (bicyclic) bond motifs is 2. The number of benzene rings is 1. The molecule has 2 aliphatic heterocycles. The van der Waals surface area contributed by atoms with Crippen LogP contribution in [0.15, 0.2) is 60.6 Å². The van der Waals surface area contributed by atoms with Crippen molar-refractivity contribution in [2.75, 3.05) is 0 Å². The molecule has 2 aliphatic rings. The number of nitrogens with one attached hydrogen (secondary N) is 2. The quantitative estimate of drug-likeness (QED) is 0.781. The molecule has 1 amide bonds. The van der Waals surface area contributed by atoms with Crippen LogP contribution in [-0.2, 0) is 4.79 Å². The van der Waals surface area contributed by atoms with Crippen molar-refractivity contribution in [3.8, 4) is 0 Å². The SMILES string of the molecule is NC(=O)C1=CC=CN2C=C(c3ccc4[nH]ccc4c3)NC12. The summed E-state index contributed by atoms with van der Waals surface area (Å²) in [7, 11) is 0. The van der Waals surface area contributed by atoms with Crippen LogP contribution in [0.1, 0.15) is 5.56 Å². The highest BCUT2D eigenvalue weighted by Gasteiger charge is 2.30. The number of aromatic amines is 1. The molecule has 0 radical (unpaired) electrons. The molecule has 21 heavy (non-hydrogen) atoms. The molecule has 0 saturated heterocycles. The van der Waals surface area contributed by atoms with E-state index in [4.69, 9.17) is 5.73 Å². The number of nitrogens with two attached hydrogens (primary N) is 1. The number of allylic oxidation sites excluding steroid dienone is 2. The van der Waals surface area contributed by atoms with Crippen LogP contribution in [0.5, 0.6) is 0 Å². The lowest BCUT2D eigenvalue weighted by molar-refractivity contribution is -0.115. The van der Waals surface area contributed by atoms with E-state index in [1.165, 1.54) is 0 Å². The average Bonchev–Trinajstić information content (AvgIpc) is 3.11. The van der Waals surface area contributed by atoms with E-state index in [1.54, 1.807) is 6.08 Å². The molecule has 1 aromatic carbocycles. The van der Waals surface area contributed by atoms with Crippen molar-refractivity contribution in [1.29, 1.82) is 0 Å². The second kappa shape index (κ2) is 4.28. The van der Waals surface area contributed by atoms with Gasteiger partial charge in [0, 0.05) is 29.5 Å². The molecule has 1 unspecified atom stereocenters. The minimum atomic E-state index is -0.405. The van der Waals surface area contributed by atoms with Crippen LogP contribution in [0.3, 0.4) is 0 Å². The van der Waals surface area contributed by atoms with Crippen molar-refractivity contribution in [2.45, 2.75) is 6.17 Å². The number of aromatic nitrogens is 1. The first kappa shape index (κ1) is 11.8. The van der Waals surface area contributed by atoms with E-state index >= 15 is 0 Å². The van der Waals surface area contributed by atoms with E-state index in [9.17, 15) is 4.79 Å². The van der Waals surface area contributed by atoms with Gasteiger partial charge >= 0.3 is 0 Å². The number of rotatable bonds is 2. The minimum absolute atomic E-state index is 0.218. The van der Waals surface area contributed by atoms with Crippen molar-refractivity contribution in [2.24, 2.45) is 5.73 Å². The molecule has 5 nitrogen and oxygen atoms in total. The van der Waals surface area contributed by atoms with Crippen molar-refractivity contribution in [3.05, 3.63) is 66.2 Å². The van der Waals surface area contributed by atoms with Gasteiger partial charge in [-0.2, -0.15) is 0 Å². The van der Waals surface area contributed by atoms with Gasteiger partial charge in [-0.05, 0) is 35.9 Å². The molecule has 3 heterocycles. The van der Waals surface area contributed by atoms with E-state index in [2.05, 4.69) is 16.4 Å². The lowest BCUT2D eigenvalue weighted by atomic mass is 10.1. The van der Waals surface area contributed by atoms with E-state index in [0.29, 0.717) is 5.57 Å². The Morgan fingerprint density at radius 1 is 1.29 bits per heavy atom. The van der Waals surface area contributed by atoms with Gasteiger partial charge in [0.25, 0.3) is 0 Å². The molecular formula is C16H14N4O. The lowest BCUT2D eigenvalue weighted by Crippen LogP contribution is -2.40. The number of nitrogens with zero attached hydrogens (tertiary/aromatic N) is 1. The molecule has 0 aliphatic carbocycles. The second-order valence-corrected chi connectivity index (χ2v) is 5.14. The summed E-state index contributed by atoms with van der Waals surface area (Å²) in [6, 6.07) is 8.25. The zero-order valence-electron chi connectivity index (χ0n) is 11.2. The van der Waals surface area contributed by atoms with Crippen LogP contribution < -0.4 is 11.1 Å². The highest BCUT2D eigenvalue weighted by molar-refractivity contribution is 5.94. The lowest BCUT2D eigenvalue weighted by Gasteiger charge is -2.25. The number of hydrogen-bond donors (Lipinski definition) is 3. The number of H-pyrrole nitrogens is 1. The maximum Gasteiger partial charge on any atom is 0.248 e. The standard InChI is InChI=1S/C16H14N4O/c17-15(21)12-2-1-7-20-9-14(19-16(12)20)10-3-4-13-11(8-10)5-6-18-13/h1-9,16,18-19H,(H2,17,21). The highest BCUT2D eigenvalue weighted by atomic mass is 16.1. The number of primary amides is 1. The monoisotopic (exact) mass is 278 g/mol. The molecule has 4 rings (SSSR count). The predicted octanol–water partition coefficient (Wildman–Crippen LogP) is 1.64. The maximum atomic E-state index is 11.5. The minimum Gasteiger partial charge on any atom is -0.366 e. The molecule has 0 saturated carbocycles. The van der Waals surface area contributed by atoms with E-state index in [-0.39, 0.29) is 6.17 Å². The number of hydrogen-bond acceptors (Lipinski definition) is 3. The Labute approximate surface area is 121 Å². The topological polar surface area (TPSA) is 74.2 Å². The fourth-order valence-electron chi connectivity index (χ4n) is 2.78. The van der Waals surface area contributed by atoms with Crippen LogP contribution in [-0.4, -0.2) is 22.0 Å². The van der Waals surface area contributed by atoms with Gasteiger partial charge < -0.3 is 20.9 Å². The van der Waals surface area contributed by atoms with Gasteiger partial charge in [0.05, 0.1) is 11.3 Å². The van der Waals surface area contributed by atoms with E-state index in [0.717, 1.165) is 22.2 Å². The Morgan fingerprint density at radius 3 is 3.05 bits per heavy atom. The third kappa shape index (κ3) is 1.82. The van der Waals surface area contributed by atoms with Crippen LogP contribution >= 0.6 is 0 Å². The Balaban J connectivity index is 1.70. The predicted molar refractivity (Wildman–Crippen MR) is 81.5 cm³/mol. The molecule has 0 bridgehead atoms. The third-order valence-electron chi connectivity index (χ3n) is 3.85. The molecule has 1 aromatic heterocycles. The summed E-state index contributed by atoms with van der Waals surface area (Å²) in [5.74, 6) is -0.405. The zero-order valence-corrected chi connectivity index (χ0v) is 11.2. The first-order chi connectivity index (χ1) is 10.2. The summed E-state index contributed by atoms with van der Waals surface area (Å²) >= 11 is 0. The summed E-state index contributed by atoms with van der Waals surface area (Å²) in [5, 5.41) is 4.51. The Morgan fingerprint density at radius 2 is 2.19 bits per heavy atom. The Hall–Kier alpha value is -2.95. The van der Waals surface area contributed by atoms with Crippen LogP contribution in [0.2, 0.25) is 0 Å². The zero-order chi connectivity index (χ0) is 14.4. The smallest absolute Gasteiger partial charge is 0.248 e. The molecule has 2 aromatic rings. The van der Waals surface area contributed by atoms with Gasteiger partial charge in [-0.25, -0.2) is 0 Å². The summed E-state index contributed by atoms with van der Waals surface area (Å²) in [4.78, 5) is 16.6. The van der Waals surface area contributed by atoms with Crippen molar-refractivity contribution in [1.82, 2.24) is 15.2 Å². The van der Waals surface area contributed by atoms with Gasteiger partial charge in [0.2, 0.25) is 5.91 Å². The molecule has 4 N–H and O–H groups in total. The molecule has 0 spiro atoms. The second-order valence-electron chi connectivity index (χ2n) is 5.14. The van der Waals surface area contributed by atoms with Gasteiger partial charge in [0.1, 0.15) is 6.17 Å². The van der Waals surface area contributed by atoms with E-state index in [1.807, 2.05) is 47.8 Å². The van der Waals surface area contributed by atoms with Gasteiger partial charge in [-0.15, -0.1) is 0 Å². The maximum absolute atomic E-state index is 11.5. The molecule has 1 atom stereocenters. The van der Waals surface area contributed by atoms with E-state index < -0.39 is 5.91 Å². The van der Waals surface area contributed by atoms with Crippen LogP contribution in [0.4, 0.5) is 0 Å². The first-order valence-electron chi connectivity index (χ1n) is 6.74. The largest absolute Gasteiger partial charge is 0.366 e. The van der Waals surface area contributed by atoms with Crippen LogP contribution in [0, 0.1) is 0 Å². The molecule has 5 heteroatoms. The Kier molecular flexibility index (Phi) is 2.41. The van der Waals surface area contributed by atoms with Gasteiger partial charge in [-0.1, -0.05) is 6.07 Å². The Bertz CT molecular complexity index is 828. The van der Waals surface area contributed by atoms with Crippen LogP contribution in [0.25, 0.3) is 16.6 Å². The highest BCUT2D eigenvalue weighted by Crippen LogP contribution is 2.28. The summed E-state index contributed by atoms with van der Waals surface area (Å²) in [6.45, 7) is 0. The molecule has 0 fully saturated rings. The van der Waals surface area contributed by atoms with Crippen molar-refractivity contribution < 1.29 is 4.79 Å². The van der Waals surface area contributed by atoms with Crippen molar-refractivity contribution >= 4 is 22.5 Å². The van der Waals surface area contributed by atoms with Gasteiger partial charge in [0.15, 0.2) is 0 Å². The fraction of sp³-hybridized carbons (Fsp3) is 0.0625. The third-order valence-corrected chi connectivity index (χ3v) is 3.85. The van der Waals surface area contributed by atoms with Crippen molar-refractivity contribution in [3.63, 3.8) is 0 Å². The normalized spacial score (nSPS) is 20.0. The fourth-order valence-corrected chi connectivity index (χ4v) is 2.78. The average molecular weight is 278 g/mol. The summed E-state index contributed by atoms with van der Waals surface area (Å²) < 4.78 is 0. The summed E-state index contributed by atoms with van der Waals surface area (Å²) in [6.07, 6.45) is 9.20. The number of carbonyl (C=O) groups is 1.